The molecule has 3 rings (SSSR count). The lowest BCUT2D eigenvalue weighted by atomic mass is 10.1. The van der Waals surface area contributed by atoms with E-state index in [1.54, 1.807) is 24.7 Å². The predicted molar refractivity (Wildman–Crippen MR) is 116 cm³/mol. The normalized spacial score (nSPS) is 16.7. The number of anilines is 1. The summed E-state index contributed by atoms with van der Waals surface area (Å²) in [6.45, 7) is 4.81. The molecule has 0 bridgehead atoms. The number of H-pyrrole nitrogens is 1. The quantitative estimate of drug-likeness (QED) is 0.726. The third-order valence-electron chi connectivity index (χ3n) is 5.19. The molecule has 1 aliphatic rings. The number of pyridine rings is 2. The van der Waals surface area contributed by atoms with Gasteiger partial charge in [-0.1, -0.05) is 6.08 Å². The minimum Gasteiger partial charge on any atom is -0.363 e. The molecule has 1 aliphatic heterocycles. The van der Waals surface area contributed by atoms with Crippen molar-refractivity contribution >= 4 is 11.6 Å². The van der Waals surface area contributed by atoms with Crippen LogP contribution in [0.4, 0.5) is 5.69 Å². The minimum absolute atomic E-state index is 0.0323. The van der Waals surface area contributed by atoms with Gasteiger partial charge in [0.05, 0.1) is 0 Å². The van der Waals surface area contributed by atoms with Gasteiger partial charge in [0.2, 0.25) is 5.91 Å². The Hall–Kier alpha value is -2.93. The van der Waals surface area contributed by atoms with Crippen LogP contribution in [0.3, 0.4) is 0 Å². The Kier molecular flexibility index (Phi) is 6.82. The molecule has 1 atom stereocenters. The summed E-state index contributed by atoms with van der Waals surface area (Å²) >= 11 is 0. The second-order valence-electron chi connectivity index (χ2n) is 7.52. The van der Waals surface area contributed by atoms with E-state index in [2.05, 4.69) is 14.9 Å². The first-order valence-corrected chi connectivity index (χ1v) is 9.99. The molecule has 29 heavy (non-hydrogen) atoms. The molecule has 1 fully saturated rings. The van der Waals surface area contributed by atoms with Gasteiger partial charge in [-0.15, -0.1) is 0 Å². The van der Waals surface area contributed by atoms with Gasteiger partial charge < -0.3 is 19.7 Å². The van der Waals surface area contributed by atoms with Gasteiger partial charge in [0, 0.05) is 62.5 Å². The van der Waals surface area contributed by atoms with Crippen LogP contribution in [-0.4, -0.2) is 72.0 Å². The number of likely N-dealkylation sites (N-methyl/N-ethyl adjacent to an activating group) is 2. The average Bonchev–Trinajstić information content (AvgIpc) is 3.20. The van der Waals surface area contributed by atoms with Gasteiger partial charge in [0.25, 0.3) is 5.56 Å². The zero-order valence-electron chi connectivity index (χ0n) is 17.3. The summed E-state index contributed by atoms with van der Waals surface area (Å²) in [5.74, 6) is 0.0323. The molecule has 0 aliphatic carbocycles. The summed E-state index contributed by atoms with van der Waals surface area (Å²) in [7, 11) is 3.94. The van der Waals surface area contributed by atoms with Crippen LogP contribution in [0.15, 0.2) is 53.7 Å². The van der Waals surface area contributed by atoms with Crippen LogP contribution in [-0.2, 0) is 4.79 Å². The van der Waals surface area contributed by atoms with E-state index in [1.165, 1.54) is 0 Å². The molecule has 7 nitrogen and oxygen atoms in total. The third kappa shape index (κ3) is 5.12. The number of hydrogen-bond acceptors (Lipinski definition) is 5. The number of likely N-dealkylation sites (tertiary alicyclic amines) is 1. The molecule has 2 aromatic heterocycles. The van der Waals surface area contributed by atoms with E-state index in [1.807, 2.05) is 55.1 Å². The summed E-state index contributed by atoms with van der Waals surface area (Å²) in [6.07, 6.45) is 9.59. The molecule has 1 amide bonds. The number of nitrogens with one attached hydrogen (secondary N) is 1. The fourth-order valence-corrected chi connectivity index (χ4v) is 3.69. The Bertz CT molecular complexity index is 907. The van der Waals surface area contributed by atoms with Gasteiger partial charge in [-0.3, -0.25) is 14.6 Å². The lowest BCUT2D eigenvalue weighted by Crippen LogP contribution is -2.41. The largest absolute Gasteiger partial charge is 0.363 e. The molecule has 0 aromatic carbocycles. The number of rotatable bonds is 7. The second kappa shape index (κ2) is 9.52. The topological polar surface area (TPSA) is 72.5 Å². The maximum atomic E-state index is 12.6. The fourth-order valence-electron chi connectivity index (χ4n) is 3.69. The van der Waals surface area contributed by atoms with Crippen LogP contribution in [0.1, 0.15) is 13.3 Å². The van der Waals surface area contributed by atoms with Crippen molar-refractivity contribution < 1.29 is 4.79 Å². The highest BCUT2D eigenvalue weighted by Gasteiger charge is 2.30. The van der Waals surface area contributed by atoms with E-state index in [-0.39, 0.29) is 17.5 Å². The lowest BCUT2D eigenvalue weighted by Gasteiger charge is -2.29. The minimum atomic E-state index is -0.111. The summed E-state index contributed by atoms with van der Waals surface area (Å²) in [5, 5.41) is 0. The highest BCUT2D eigenvalue weighted by molar-refractivity contribution is 5.88. The molecule has 0 radical (unpaired) electrons. The number of carbonyl (C=O) groups is 1. The SMILES string of the molecule is CCN(c1cc(-c2ccncc2)c[nH]c1=O)C1CCN(C(=O)C=CCN(C)C)C1. The van der Waals surface area contributed by atoms with Gasteiger partial charge in [-0.05, 0) is 51.2 Å². The molecule has 0 spiro atoms. The number of aromatic amines is 1. The first-order chi connectivity index (χ1) is 14.0. The molecule has 1 saturated heterocycles. The molecule has 1 N–H and O–H groups in total. The van der Waals surface area contributed by atoms with Crippen molar-refractivity contribution in [2.45, 2.75) is 19.4 Å². The van der Waals surface area contributed by atoms with Crippen LogP contribution in [0, 0.1) is 0 Å². The summed E-state index contributed by atoms with van der Waals surface area (Å²) in [5.41, 5.74) is 2.48. The number of carbonyl (C=O) groups excluding carboxylic acids is 1. The molecule has 154 valence electrons. The van der Waals surface area contributed by atoms with Gasteiger partial charge in [-0.2, -0.15) is 0 Å². The summed E-state index contributed by atoms with van der Waals surface area (Å²) in [4.78, 5) is 37.9. The van der Waals surface area contributed by atoms with Crippen LogP contribution < -0.4 is 10.5 Å². The van der Waals surface area contributed by atoms with E-state index in [9.17, 15) is 9.59 Å². The Labute approximate surface area is 171 Å². The van der Waals surface area contributed by atoms with Gasteiger partial charge >= 0.3 is 0 Å². The molecule has 1 unspecified atom stereocenters. The van der Waals surface area contributed by atoms with E-state index >= 15 is 0 Å². The van der Waals surface area contributed by atoms with Gasteiger partial charge in [-0.25, -0.2) is 0 Å². The van der Waals surface area contributed by atoms with E-state index in [0.717, 1.165) is 24.1 Å². The zero-order chi connectivity index (χ0) is 20.8. The van der Waals surface area contributed by atoms with Crippen LogP contribution in [0.25, 0.3) is 11.1 Å². The lowest BCUT2D eigenvalue weighted by molar-refractivity contribution is -0.125. The predicted octanol–water partition coefficient (Wildman–Crippen LogP) is 1.98. The van der Waals surface area contributed by atoms with Crippen molar-refractivity contribution in [2.75, 3.05) is 45.2 Å². The van der Waals surface area contributed by atoms with E-state index in [0.29, 0.717) is 25.3 Å². The second-order valence-corrected chi connectivity index (χ2v) is 7.52. The van der Waals surface area contributed by atoms with Crippen molar-refractivity contribution in [3.63, 3.8) is 0 Å². The van der Waals surface area contributed by atoms with Crippen molar-refractivity contribution in [3.05, 3.63) is 59.3 Å². The van der Waals surface area contributed by atoms with E-state index in [4.69, 9.17) is 0 Å². The number of amides is 1. The van der Waals surface area contributed by atoms with Crippen molar-refractivity contribution in [1.29, 1.82) is 0 Å². The maximum Gasteiger partial charge on any atom is 0.271 e. The average molecular weight is 396 g/mol. The fraction of sp³-hybridized carbons (Fsp3) is 0.409. The van der Waals surface area contributed by atoms with Crippen LogP contribution in [0.5, 0.6) is 0 Å². The molecular weight excluding hydrogens is 366 g/mol. The first kappa shape index (κ1) is 20.8. The Morgan fingerprint density at radius 3 is 2.76 bits per heavy atom. The monoisotopic (exact) mass is 395 g/mol. The number of aromatic nitrogens is 2. The molecule has 2 aromatic rings. The standard InChI is InChI=1S/C22H29N5O2/c1-4-27(19-9-13-26(16-19)21(28)6-5-12-25(2)3)20-14-18(15-24-22(20)29)17-7-10-23-11-8-17/h5-8,10-11,14-15,19H,4,9,12-13,16H2,1-3H3,(H,24,29). The van der Waals surface area contributed by atoms with Crippen molar-refractivity contribution in [1.82, 2.24) is 19.8 Å². The molecular formula is C22H29N5O2. The Morgan fingerprint density at radius 1 is 1.31 bits per heavy atom. The molecule has 3 heterocycles. The smallest absolute Gasteiger partial charge is 0.271 e. The molecule has 7 heteroatoms. The zero-order valence-corrected chi connectivity index (χ0v) is 17.3. The first-order valence-electron chi connectivity index (χ1n) is 9.99. The Morgan fingerprint density at radius 2 is 2.07 bits per heavy atom. The Balaban J connectivity index is 1.76. The highest BCUT2D eigenvalue weighted by Crippen LogP contribution is 2.25. The number of nitrogens with zero attached hydrogens (tertiary/aromatic N) is 4. The third-order valence-corrected chi connectivity index (χ3v) is 5.19. The van der Waals surface area contributed by atoms with Crippen molar-refractivity contribution in [2.24, 2.45) is 0 Å². The number of hydrogen-bond donors (Lipinski definition) is 1. The molecule has 0 saturated carbocycles. The highest BCUT2D eigenvalue weighted by atomic mass is 16.2. The maximum absolute atomic E-state index is 12.6. The summed E-state index contributed by atoms with van der Waals surface area (Å²) < 4.78 is 0. The van der Waals surface area contributed by atoms with Crippen molar-refractivity contribution in [3.8, 4) is 11.1 Å². The van der Waals surface area contributed by atoms with Crippen LogP contribution >= 0.6 is 0 Å². The van der Waals surface area contributed by atoms with E-state index < -0.39 is 0 Å². The summed E-state index contributed by atoms with van der Waals surface area (Å²) in [6, 6.07) is 5.90. The van der Waals surface area contributed by atoms with Gasteiger partial charge in [0.15, 0.2) is 0 Å². The van der Waals surface area contributed by atoms with Crippen LogP contribution in [0.2, 0.25) is 0 Å². The van der Waals surface area contributed by atoms with Gasteiger partial charge in [0.1, 0.15) is 5.69 Å².